The normalized spacial score (nSPS) is 14.0. The average Bonchev–Trinajstić information content (AvgIpc) is 2.38. The van der Waals surface area contributed by atoms with Crippen molar-refractivity contribution in [2.75, 3.05) is 11.6 Å². The van der Waals surface area contributed by atoms with Gasteiger partial charge in [0.15, 0.2) is 6.73 Å². The minimum Gasteiger partial charge on any atom is -0.473 e. The van der Waals surface area contributed by atoms with Crippen LogP contribution in [0.5, 0.6) is 5.75 Å². The maximum absolute atomic E-state index is 12.9. The minimum atomic E-state index is -0.236. The van der Waals surface area contributed by atoms with Crippen LogP contribution in [-0.2, 0) is 6.54 Å². The zero-order chi connectivity index (χ0) is 12.5. The van der Waals surface area contributed by atoms with Crippen LogP contribution in [0.4, 0.5) is 10.1 Å². The number of hydrogen-bond acceptors (Lipinski definition) is 2. The number of benzene rings is 2. The average molecular weight is 264 g/mol. The molecule has 0 saturated carbocycles. The molecule has 3 rings (SSSR count). The predicted octanol–water partition coefficient (Wildman–Crippen LogP) is 3.84. The fraction of sp³-hybridized carbons (Fsp3) is 0.143. The summed E-state index contributed by atoms with van der Waals surface area (Å²) < 4.78 is 18.5. The molecule has 0 atom stereocenters. The van der Waals surface area contributed by atoms with E-state index in [1.54, 1.807) is 12.1 Å². The first-order valence-electron chi connectivity index (χ1n) is 5.64. The van der Waals surface area contributed by atoms with Crippen LogP contribution >= 0.6 is 11.6 Å². The predicted molar refractivity (Wildman–Crippen MR) is 69.5 cm³/mol. The van der Waals surface area contributed by atoms with E-state index >= 15 is 0 Å². The lowest BCUT2D eigenvalue weighted by Crippen LogP contribution is -2.31. The molecule has 1 heterocycles. The Labute approximate surface area is 110 Å². The number of nitrogens with zero attached hydrogens (tertiary/aromatic N) is 1. The molecule has 4 heteroatoms. The highest BCUT2D eigenvalue weighted by molar-refractivity contribution is 6.30. The minimum absolute atomic E-state index is 0.236. The summed E-state index contributed by atoms with van der Waals surface area (Å²) in [5.41, 5.74) is 1.97. The van der Waals surface area contributed by atoms with E-state index in [0.29, 0.717) is 18.3 Å². The summed E-state index contributed by atoms with van der Waals surface area (Å²) in [6.45, 7) is 1.17. The van der Waals surface area contributed by atoms with Gasteiger partial charge in [-0.15, -0.1) is 0 Å². The molecule has 18 heavy (non-hydrogen) atoms. The van der Waals surface area contributed by atoms with Gasteiger partial charge in [-0.2, -0.15) is 0 Å². The SMILES string of the molecule is Fc1ccc(N2COc3ccc(Cl)cc3C2)cc1. The van der Waals surface area contributed by atoms with Crippen LogP contribution in [0.3, 0.4) is 0 Å². The Hall–Kier alpha value is -1.74. The van der Waals surface area contributed by atoms with Crippen LogP contribution < -0.4 is 9.64 Å². The van der Waals surface area contributed by atoms with Gasteiger partial charge >= 0.3 is 0 Å². The fourth-order valence-corrected chi connectivity index (χ4v) is 2.22. The number of halogens is 2. The van der Waals surface area contributed by atoms with Crippen LogP contribution in [0.2, 0.25) is 5.02 Å². The van der Waals surface area contributed by atoms with Crippen molar-refractivity contribution in [3.05, 3.63) is 58.9 Å². The van der Waals surface area contributed by atoms with Gasteiger partial charge in [0, 0.05) is 22.8 Å². The van der Waals surface area contributed by atoms with Crippen molar-refractivity contribution in [1.29, 1.82) is 0 Å². The Kier molecular flexibility index (Phi) is 2.84. The number of ether oxygens (including phenoxy) is 1. The summed E-state index contributed by atoms with van der Waals surface area (Å²) in [7, 11) is 0. The van der Waals surface area contributed by atoms with Gasteiger partial charge in [-0.3, -0.25) is 0 Å². The fourth-order valence-electron chi connectivity index (χ4n) is 2.03. The van der Waals surface area contributed by atoms with Crippen LogP contribution in [0.15, 0.2) is 42.5 Å². The van der Waals surface area contributed by atoms with Gasteiger partial charge in [0.2, 0.25) is 0 Å². The highest BCUT2D eigenvalue weighted by atomic mass is 35.5. The van der Waals surface area contributed by atoms with Gasteiger partial charge in [0.25, 0.3) is 0 Å². The summed E-state index contributed by atoms with van der Waals surface area (Å²) in [6, 6.07) is 12.0. The summed E-state index contributed by atoms with van der Waals surface area (Å²) in [5, 5.41) is 0.693. The molecule has 2 aromatic carbocycles. The van der Waals surface area contributed by atoms with Crippen LogP contribution in [0.1, 0.15) is 5.56 Å². The molecule has 0 bridgehead atoms. The van der Waals surface area contributed by atoms with Gasteiger partial charge in [-0.05, 0) is 42.5 Å². The molecule has 0 unspecified atom stereocenters. The molecule has 2 aromatic rings. The van der Waals surface area contributed by atoms with E-state index in [4.69, 9.17) is 16.3 Å². The van der Waals surface area contributed by atoms with E-state index in [0.717, 1.165) is 17.0 Å². The topological polar surface area (TPSA) is 12.5 Å². The van der Waals surface area contributed by atoms with E-state index in [1.165, 1.54) is 12.1 Å². The lowest BCUT2D eigenvalue weighted by Gasteiger charge is -2.30. The van der Waals surface area contributed by atoms with Gasteiger partial charge in [-0.25, -0.2) is 4.39 Å². The zero-order valence-electron chi connectivity index (χ0n) is 9.57. The number of anilines is 1. The molecule has 0 saturated heterocycles. The summed E-state index contributed by atoms with van der Waals surface area (Å²) in [5.74, 6) is 0.623. The third kappa shape index (κ3) is 2.14. The molecule has 0 N–H and O–H groups in total. The molecule has 92 valence electrons. The van der Waals surface area contributed by atoms with E-state index in [9.17, 15) is 4.39 Å². The Morgan fingerprint density at radius 1 is 1.11 bits per heavy atom. The molecule has 0 amide bonds. The smallest absolute Gasteiger partial charge is 0.161 e. The summed E-state index contributed by atoms with van der Waals surface area (Å²) >= 11 is 5.97. The standard InChI is InChI=1S/C14H11ClFNO/c15-11-1-6-14-10(7-11)8-17(9-18-14)13-4-2-12(16)3-5-13/h1-7H,8-9H2. The van der Waals surface area contributed by atoms with Crippen LogP contribution in [-0.4, -0.2) is 6.73 Å². The third-order valence-corrected chi connectivity index (χ3v) is 3.19. The second-order valence-corrected chi connectivity index (χ2v) is 4.64. The molecule has 1 aliphatic heterocycles. The molecule has 0 aromatic heterocycles. The van der Waals surface area contributed by atoms with Crippen molar-refractivity contribution in [1.82, 2.24) is 0 Å². The zero-order valence-corrected chi connectivity index (χ0v) is 10.3. The largest absolute Gasteiger partial charge is 0.473 e. The first-order chi connectivity index (χ1) is 8.72. The van der Waals surface area contributed by atoms with Crippen LogP contribution in [0, 0.1) is 5.82 Å². The van der Waals surface area contributed by atoms with Crippen molar-refractivity contribution in [3.8, 4) is 5.75 Å². The van der Waals surface area contributed by atoms with E-state index < -0.39 is 0 Å². The lowest BCUT2D eigenvalue weighted by molar-refractivity contribution is 0.289. The molecular weight excluding hydrogens is 253 g/mol. The van der Waals surface area contributed by atoms with Gasteiger partial charge in [0.1, 0.15) is 11.6 Å². The number of rotatable bonds is 1. The number of hydrogen-bond donors (Lipinski definition) is 0. The number of fused-ring (bicyclic) bond motifs is 1. The summed E-state index contributed by atoms with van der Waals surface area (Å²) in [4.78, 5) is 2.03. The van der Waals surface area contributed by atoms with Gasteiger partial charge in [0.05, 0.1) is 0 Å². The Bertz CT molecular complexity index is 571. The van der Waals surface area contributed by atoms with Crippen molar-refractivity contribution >= 4 is 17.3 Å². The quantitative estimate of drug-likeness (QED) is 0.775. The lowest BCUT2D eigenvalue weighted by atomic mass is 10.1. The van der Waals surface area contributed by atoms with Crippen molar-refractivity contribution in [2.24, 2.45) is 0 Å². The Morgan fingerprint density at radius 2 is 1.89 bits per heavy atom. The van der Waals surface area contributed by atoms with Crippen molar-refractivity contribution in [3.63, 3.8) is 0 Å². The monoisotopic (exact) mass is 263 g/mol. The second kappa shape index (κ2) is 4.50. The van der Waals surface area contributed by atoms with Gasteiger partial charge in [-0.1, -0.05) is 11.6 Å². The van der Waals surface area contributed by atoms with Crippen molar-refractivity contribution < 1.29 is 9.13 Å². The molecule has 1 aliphatic rings. The molecule has 2 nitrogen and oxygen atoms in total. The van der Waals surface area contributed by atoms with Gasteiger partial charge < -0.3 is 9.64 Å². The van der Waals surface area contributed by atoms with E-state index in [2.05, 4.69) is 0 Å². The summed E-state index contributed by atoms with van der Waals surface area (Å²) in [6.07, 6.45) is 0. The molecule has 0 fully saturated rings. The van der Waals surface area contributed by atoms with E-state index in [1.807, 2.05) is 23.1 Å². The molecular formula is C14H11ClFNO. The highest BCUT2D eigenvalue weighted by Crippen LogP contribution is 2.30. The molecule has 0 spiro atoms. The Balaban J connectivity index is 1.88. The highest BCUT2D eigenvalue weighted by Gasteiger charge is 2.17. The van der Waals surface area contributed by atoms with Crippen molar-refractivity contribution in [2.45, 2.75) is 6.54 Å². The first kappa shape index (κ1) is 11.4. The molecule has 0 radical (unpaired) electrons. The first-order valence-corrected chi connectivity index (χ1v) is 6.02. The van der Waals surface area contributed by atoms with E-state index in [-0.39, 0.29) is 5.82 Å². The maximum Gasteiger partial charge on any atom is 0.161 e. The third-order valence-electron chi connectivity index (χ3n) is 2.95. The Morgan fingerprint density at radius 3 is 2.67 bits per heavy atom. The maximum atomic E-state index is 12.9. The van der Waals surface area contributed by atoms with Crippen LogP contribution in [0.25, 0.3) is 0 Å². The second-order valence-electron chi connectivity index (χ2n) is 4.20. The molecule has 0 aliphatic carbocycles.